The fraction of sp³-hybridized carbons (Fsp3) is 0.650. The Labute approximate surface area is 167 Å². The first-order valence-corrected chi connectivity index (χ1v) is 11.2. The van der Waals surface area contributed by atoms with Crippen molar-refractivity contribution in [2.75, 3.05) is 40.8 Å². The third kappa shape index (κ3) is 3.90. The summed E-state index contributed by atoms with van der Waals surface area (Å²) in [5.74, 6) is 0.522. The number of cyclic esters (lactones) is 1. The lowest BCUT2D eigenvalue weighted by Crippen LogP contribution is -2.45. The molecule has 0 aliphatic carbocycles. The summed E-state index contributed by atoms with van der Waals surface area (Å²) in [5.41, 5.74) is 0.323. The summed E-state index contributed by atoms with van der Waals surface area (Å²) in [5, 5.41) is 0. The number of esters is 1. The topological polar surface area (TPSA) is 76.2 Å². The summed E-state index contributed by atoms with van der Waals surface area (Å²) in [7, 11) is 1.89. The fourth-order valence-electron chi connectivity index (χ4n) is 4.25. The molecule has 28 heavy (non-hydrogen) atoms. The van der Waals surface area contributed by atoms with Gasteiger partial charge in [-0.15, -0.1) is 0 Å². The van der Waals surface area contributed by atoms with E-state index in [0.717, 1.165) is 5.56 Å². The highest BCUT2D eigenvalue weighted by molar-refractivity contribution is 7.89. The molecular formula is C20H30N2O5S. The van der Waals surface area contributed by atoms with Crippen molar-refractivity contribution in [2.24, 2.45) is 5.41 Å². The number of rotatable bonds is 6. The Morgan fingerprint density at radius 2 is 1.96 bits per heavy atom. The predicted octanol–water partition coefficient (Wildman–Crippen LogP) is 1.91. The van der Waals surface area contributed by atoms with Crippen molar-refractivity contribution < 1.29 is 22.7 Å². The summed E-state index contributed by atoms with van der Waals surface area (Å²) >= 11 is 0. The van der Waals surface area contributed by atoms with E-state index in [1.165, 1.54) is 4.31 Å². The zero-order valence-corrected chi connectivity index (χ0v) is 17.9. The van der Waals surface area contributed by atoms with Crippen LogP contribution in [0.2, 0.25) is 0 Å². The SMILES string of the molecule is CCc1cc(S(=O)(=O)N2CCC3(CC2)CC(CN(C)C)OC3=O)ccc1OC. The van der Waals surface area contributed by atoms with Crippen LogP contribution in [-0.2, 0) is 26.0 Å². The Hall–Kier alpha value is -1.64. The molecule has 2 fully saturated rings. The smallest absolute Gasteiger partial charge is 0.312 e. The van der Waals surface area contributed by atoms with Crippen LogP contribution >= 0.6 is 0 Å². The lowest BCUT2D eigenvalue weighted by atomic mass is 9.76. The van der Waals surface area contributed by atoms with Gasteiger partial charge in [0.2, 0.25) is 10.0 Å². The Bertz CT molecular complexity index is 829. The lowest BCUT2D eigenvalue weighted by molar-refractivity contribution is -0.150. The van der Waals surface area contributed by atoms with Gasteiger partial charge in [-0.2, -0.15) is 4.31 Å². The van der Waals surface area contributed by atoms with E-state index in [-0.39, 0.29) is 17.0 Å². The molecule has 1 aromatic carbocycles. The van der Waals surface area contributed by atoms with Gasteiger partial charge in [-0.05, 0) is 57.1 Å². The van der Waals surface area contributed by atoms with E-state index in [4.69, 9.17) is 9.47 Å². The van der Waals surface area contributed by atoms with E-state index in [1.54, 1.807) is 25.3 Å². The van der Waals surface area contributed by atoms with E-state index in [2.05, 4.69) is 0 Å². The number of piperidine rings is 1. The van der Waals surface area contributed by atoms with Crippen LogP contribution in [0.25, 0.3) is 0 Å². The molecular weight excluding hydrogens is 380 g/mol. The molecule has 1 aromatic rings. The van der Waals surface area contributed by atoms with E-state index in [0.29, 0.717) is 51.1 Å². The molecule has 0 amide bonds. The molecule has 0 saturated carbocycles. The third-order valence-electron chi connectivity index (χ3n) is 5.84. The molecule has 1 unspecified atom stereocenters. The van der Waals surface area contributed by atoms with Gasteiger partial charge in [0.05, 0.1) is 17.4 Å². The van der Waals surface area contributed by atoms with Crippen molar-refractivity contribution in [3.8, 4) is 5.75 Å². The number of likely N-dealkylation sites (N-methyl/N-ethyl adjacent to an activating group) is 1. The molecule has 2 aliphatic heterocycles. The summed E-state index contributed by atoms with van der Waals surface area (Å²) in [4.78, 5) is 14.8. The minimum atomic E-state index is -3.60. The minimum absolute atomic E-state index is 0.112. The predicted molar refractivity (Wildman–Crippen MR) is 106 cm³/mol. The zero-order valence-electron chi connectivity index (χ0n) is 17.1. The number of hydrogen-bond donors (Lipinski definition) is 0. The highest BCUT2D eigenvalue weighted by Crippen LogP contribution is 2.44. The minimum Gasteiger partial charge on any atom is -0.496 e. The van der Waals surface area contributed by atoms with Crippen LogP contribution < -0.4 is 4.74 Å². The Morgan fingerprint density at radius 3 is 2.54 bits per heavy atom. The molecule has 0 radical (unpaired) electrons. The normalized spacial score (nSPS) is 22.6. The highest BCUT2D eigenvalue weighted by atomic mass is 32.2. The van der Waals surface area contributed by atoms with Gasteiger partial charge < -0.3 is 14.4 Å². The van der Waals surface area contributed by atoms with Crippen LogP contribution in [-0.4, -0.2) is 70.5 Å². The molecule has 2 aliphatic rings. The number of ether oxygens (including phenoxy) is 2. The van der Waals surface area contributed by atoms with E-state index in [9.17, 15) is 13.2 Å². The van der Waals surface area contributed by atoms with Crippen molar-refractivity contribution in [1.29, 1.82) is 0 Å². The molecule has 2 heterocycles. The Kier molecular flexibility index (Phi) is 6.03. The quantitative estimate of drug-likeness (QED) is 0.667. The van der Waals surface area contributed by atoms with Gasteiger partial charge in [0.15, 0.2) is 0 Å². The average Bonchev–Trinajstić information content (AvgIpc) is 2.95. The van der Waals surface area contributed by atoms with E-state index >= 15 is 0 Å². The molecule has 0 bridgehead atoms. The zero-order chi connectivity index (χ0) is 20.5. The Balaban J connectivity index is 1.73. The molecule has 8 heteroatoms. The van der Waals surface area contributed by atoms with Crippen LogP contribution in [0, 0.1) is 5.41 Å². The molecule has 3 rings (SSSR count). The summed E-state index contributed by atoms with van der Waals surface area (Å²) < 4.78 is 38.6. The second-order valence-electron chi connectivity index (χ2n) is 8.01. The Morgan fingerprint density at radius 1 is 1.29 bits per heavy atom. The molecule has 7 nitrogen and oxygen atoms in total. The fourth-order valence-corrected chi connectivity index (χ4v) is 5.74. The summed E-state index contributed by atoms with van der Waals surface area (Å²) in [6, 6.07) is 4.99. The maximum absolute atomic E-state index is 13.1. The first-order chi connectivity index (χ1) is 13.2. The average molecular weight is 411 g/mol. The van der Waals surface area contributed by atoms with Gasteiger partial charge in [0, 0.05) is 26.1 Å². The van der Waals surface area contributed by atoms with Crippen LogP contribution in [0.4, 0.5) is 0 Å². The molecule has 0 N–H and O–H groups in total. The number of methoxy groups -OCH3 is 1. The van der Waals surface area contributed by atoms with Gasteiger partial charge in [-0.25, -0.2) is 8.42 Å². The van der Waals surface area contributed by atoms with Crippen LogP contribution in [0.5, 0.6) is 5.75 Å². The first kappa shape index (κ1) is 21.1. The maximum atomic E-state index is 13.1. The molecule has 1 spiro atoms. The maximum Gasteiger partial charge on any atom is 0.312 e. The summed E-state index contributed by atoms with van der Waals surface area (Å²) in [6.45, 7) is 3.33. The van der Waals surface area contributed by atoms with Crippen molar-refractivity contribution in [3.63, 3.8) is 0 Å². The van der Waals surface area contributed by atoms with Gasteiger partial charge in [-0.3, -0.25) is 4.79 Å². The van der Waals surface area contributed by atoms with E-state index in [1.807, 2.05) is 25.9 Å². The first-order valence-electron chi connectivity index (χ1n) is 9.75. The number of carbonyl (C=O) groups excluding carboxylic acids is 1. The second kappa shape index (κ2) is 8.00. The van der Waals surface area contributed by atoms with Crippen molar-refractivity contribution in [3.05, 3.63) is 23.8 Å². The molecule has 156 valence electrons. The van der Waals surface area contributed by atoms with E-state index < -0.39 is 15.4 Å². The van der Waals surface area contributed by atoms with Crippen molar-refractivity contribution >= 4 is 16.0 Å². The van der Waals surface area contributed by atoms with Crippen LogP contribution in [0.1, 0.15) is 31.7 Å². The number of sulfonamides is 1. The standard InChI is InChI=1S/C20H30N2O5S/c1-5-15-12-17(6-7-18(15)26-4)28(24,25)22-10-8-20(9-11-22)13-16(14-21(2)3)27-19(20)23/h6-7,12,16H,5,8-11,13-14H2,1-4H3. The van der Waals surface area contributed by atoms with Crippen LogP contribution in [0.3, 0.4) is 0 Å². The number of aryl methyl sites for hydroxylation is 1. The summed E-state index contributed by atoms with van der Waals surface area (Å²) in [6.07, 6.45) is 2.26. The van der Waals surface area contributed by atoms with Gasteiger partial charge in [-0.1, -0.05) is 6.92 Å². The van der Waals surface area contributed by atoms with Crippen LogP contribution in [0.15, 0.2) is 23.1 Å². The molecule has 0 aromatic heterocycles. The largest absolute Gasteiger partial charge is 0.496 e. The number of carbonyl (C=O) groups is 1. The van der Waals surface area contributed by atoms with Gasteiger partial charge in [0.25, 0.3) is 0 Å². The number of benzene rings is 1. The monoisotopic (exact) mass is 410 g/mol. The molecule has 1 atom stereocenters. The molecule has 2 saturated heterocycles. The third-order valence-corrected chi connectivity index (χ3v) is 7.74. The van der Waals surface area contributed by atoms with Gasteiger partial charge in [0.1, 0.15) is 11.9 Å². The van der Waals surface area contributed by atoms with Crippen molar-refractivity contribution in [2.45, 2.75) is 43.6 Å². The second-order valence-corrected chi connectivity index (χ2v) is 9.94. The van der Waals surface area contributed by atoms with Gasteiger partial charge >= 0.3 is 5.97 Å². The number of nitrogens with zero attached hydrogens (tertiary/aromatic N) is 2. The highest BCUT2D eigenvalue weighted by Gasteiger charge is 2.51. The van der Waals surface area contributed by atoms with Crippen molar-refractivity contribution in [1.82, 2.24) is 9.21 Å². The number of hydrogen-bond acceptors (Lipinski definition) is 6. The lowest BCUT2D eigenvalue weighted by Gasteiger charge is -2.35.